The number of hydrogen-bond donors (Lipinski definition) is 0. The third-order valence-corrected chi connectivity index (χ3v) is 17.7. The maximum absolute atomic E-state index is 12.6. The second-order valence-corrected chi connectivity index (χ2v) is 26.1. The van der Waals surface area contributed by atoms with E-state index in [1.54, 1.807) is 6.92 Å². The third-order valence-electron chi connectivity index (χ3n) is 3.42. The summed E-state index contributed by atoms with van der Waals surface area (Å²) >= 11 is 0. The Bertz CT molecular complexity index is 509. The van der Waals surface area contributed by atoms with E-state index in [2.05, 4.69) is 73.6 Å². The highest BCUT2D eigenvalue weighted by molar-refractivity contribution is 6.89. The minimum atomic E-state index is -3.01. The molecule has 9 heteroatoms. The molecule has 0 atom stereocenters. The van der Waals surface area contributed by atoms with Crippen molar-refractivity contribution >= 4 is 40.0 Å². The molecule has 5 nitrogen and oxygen atoms in total. The van der Waals surface area contributed by atoms with Crippen LogP contribution < -0.4 is 0 Å². The maximum Gasteiger partial charge on any atom is 0.468 e. The first-order valence-electron chi connectivity index (χ1n) is 10.3. The highest BCUT2D eigenvalue weighted by Crippen LogP contribution is 2.34. The summed E-state index contributed by atoms with van der Waals surface area (Å²) in [5.41, 5.74) is 0.397. The second kappa shape index (κ2) is 10.3. The molecule has 0 unspecified atom stereocenters. The summed E-state index contributed by atoms with van der Waals surface area (Å²) in [5.74, 6) is 0.297. The molecule has 0 aromatic rings. The lowest BCUT2D eigenvalue weighted by Crippen LogP contribution is -2.62. The van der Waals surface area contributed by atoms with Crippen molar-refractivity contribution in [1.29, 1.82) is 0 Å². The van der Waals surface area contributed by atoms with E-state index in [0.717, 1.165) is 12.1 Å². The normalized spacial score (nSPS) is 13.9. The lowest BCUT2D eigenvalue weighted by molar-refractivity contribution is -0.132. The highest BCUT2D eigenvalue weighted by Gasteiger charge is 2.53. The fraction of sp³-hybridized carbons (Fsp3) is 0.842. The molecular formula is C19H44O5Si4. The van der Waals surface area contributed by atoms with Gasteiger partial charge in [-0.1, -0.05) is 34.3 Å². The van der Waals surface area contributed by atoms with Gasteiger partial charge in [0, 0.05) is 24.2 Å². The van der Waals surface area contributed by atoms with Crippen molar-refractivity contribution in [3.63, 3.8) is 0 Å². The van der Waals surface area contributed by atoms with Crippen molar-refractivity contribution in [2.24, 2.45) is 11.8 Å². The summed E-state index contributed by atoms with van der Waals surface area (Å²) in [5, 5.41) is 0. The van der Waals surface area contributed by atoms with Crippen molar-refractivity contribution in [3.05, 3.63) is 12.2 Å². The van der Waals surface area contributed by atoms with Gasteiger partial charge in [-0.15, -0.1) is 0 Å². The van der Waals surface area contributed by atoms with Gasteiger partial charge in [-0.25, -0.2) is 4.79 Å². The number of rotatable bonds is 12. The molecule has 0 amide bonds. The quantitative estimate of drug-likeness (QED) is 0.256. The van der Waals surface area contributed by atoms with Crippen LogP contribution in [0.1, 0.15) is 34.6 Å². The van der Waals surface area contributed by atoms with Crippen molar-refractivity contribution in [2.45, 2.75) is 92.5 Å². The van der Waals surface area contributed by atoms with E-state index in [-0.39, 0.29) is 5.97 Å². The molecule has 166 valence electrons. The van der Waals surface area contributed by atoms with Gasteiger partial charge in [0.25, 0.3) is 0 Å². The summed E-state index contributed by atoms with van der Waals surface area (Å²) < 4.78 is 26.1. The van der Waals surface area contributed by atoms with Gasteiger partial charge in [0.1, 0.15) is 0 Å². The zero-order valence-electron chi connectivity index (χ0n) is 20.3. The van der Waals surface area contributed by atoms with Gasteiger partial charge >= 0.3 is 23.3 Å². The van der Waals surface area contributed by atoms with Crippen molar-refractivity contribution in [3.8, 4) is 0 Å². The van der Waals surface area contributed by atoms with Crippen LogP contribution in [0.25, 0.3) is 0 Å². The Morgan fingerprint density at radius 1 is 0.786 bits per heavy atom. The Kier molecular flexibility index (Phi) is 10.3. The number of hydrogen-bond acceptors (Lipinski definition) is 5. The summed E-state index contributed by atoms with van der Waals surface area (Å²) in [6.07, 6.45) is 0. The van der Waals surface area contributed by atoms with E-state index >= 15 is 0 Å². The van der Waals surface area contributed by atoms with Crippen LogP contribution in [-0.4, -0.2) is 40.0 Å². The second-order valence-electron chi connectivity index (χ2n) is 10.7. The Balaban J connectivity index is 6.21. The van der Waals surface area contributed by atoms with Crippen LogP contribution in [0.3, 0.4) is 0 Å². The van der Waals surface area contributed by atoms with E-state index in [9.17, 15) is 4.79 Å². The minimum absolute atomic E-state index is 0.334. The molecular weight excluding hydrogens is 421 g/mol. The van der Waals surface area contributed by atoms with Crippen LogP contribution >= 0.6 is 0 Å². The van der Waals surface area contributed by atoms with Crippen LogP contribution in [0.4, 0.5) is 0 Å². The molecule has 0 N–H and O–H groups in total. The minimum Gasteiger partial charge on any atom is -0.491 e. The molecule has 28 heavy (non-hydrogen) atoms. The van der Waals surface area contributed by atoms with Crippen LogP contribution in [-0.2, 0) is 21.6 Å². The smallest absolute Gasteiger partial charge is 0.468 e. The van der Waals surface area contributed by atoms with Gasteiger partial charge in [-0.3, -0.25) is 0 Å². The highest BCUT2D eigenvalue weighted by atomic mass is 28.5. The van der Waals surface area contributed by atoms with Gasteiger partial charge < -0.3 is 16.8 Å². The molecule has 0 saturated heterocycles. The Morgan fingerprint density at radius 3 is 1.39 bits per heavy atom. The van der Waals surface area contributed by atoms with Gasteiger partial charge in [0.2, 0.25) is 0 Å². The van der Waals surface area contributed by atoms with Crippen LogP contribution in [0, 0.1) is 11.8 Å². The van der Waals surface area contributed by atoms with Gasteiger partial charge in [-0.2, -0.15) is 0 Å². The standard InChI is InChI=1S/C19H44O5Si4/c1-16(2)14-28(15-17(3)4,21-19(20)18(5)6)24-27(13,22-25(7,8)9)23-26(10,11)12/h16-17H,5,14-15H2,1-4,6-13H3. The molecule has 0 aromatic heterocycles. The van der Waals surface area contributed by atoms with Crippen LogP contribution in [0.2, 0.25) is 57.9 Å². The molecule has 0 bridgehead atoms. The summed E-state index contributed by atoms with van der Waals surface area (Å²) in [6, 6.07) is 1.44. The first-order valence-corrected chi connectivity index (χ1v) is 21.5. The average molecular weight is 465 g/mol. The monoisotopic (exact) mass is 464 g/mol. The molecule has 0 fully saturated rings. The molecule has 0 saturated carbocycles. The molecule has 0 radical (unpaired) electrons. The maximum atomic E-state index is 12.6. The van der Waals surface area contributed by atoms with Crippen molar-refractivity contribution in [2.75, 3.05) is 0 Å². The predicted octanol–water partition coefficient (Wildman–Crippen LogP) is 6.15. The predicted molar refractivity (Wildman–Crippen MR) is 128 cm³/mol. The Hall–Kier alpha value is -0.0425. The molecule has 0 aliphatic carbocycles. The van der Waals surface area contributed by atoms with Crippen molar-refractivity contribution in [1.82, 2.24) is 0 Å². The van der Waals surface area contributed by atoms with Gasteiger partial charge in [0.05, 0.1) is 0 Å². The van der Waals surface area contributed by atoms with E-state index in [1.165, 1.54) is 0 Å². The van der Waals surface area contributed by atoms with E-state index < -0.39 is 34.0 Å². The number of carbonyl (C=O) groups excluding carboxylic acids is 1. The molecule has 0 aliphatic heterocycles. The van der Waals surface area contributed by atoms with Crippen molar-refractivity contribution < 1.29 is 21.6 Å². The van der Waals surface area contributed by atoms with Crippen LogP contribution in [0.5, 0.6) is 0 Å². The topological polar surface area (TPSA) is 54.0 Å². The van der Waals surface area contributed by atoms with E-state index in [4.69, 9.17) is 16.8 Å². The SMILES string of the molecule is C=C(C)C(=O)O[Si](CC(C)C)(CC(C)C)O[Si](C)(O[Si](C)(C)C)O[Si](C)(C)C. The summed E-state index contributed by atoms with van der Waals surface area (Å²) in [6.45, 7) is 28.8. The molecule has 0 rings (SSSR count). The third kappa shape index (κ3) is 11.8. The van der Waals surface area contributed by atoms with Gasteiger partial charge in [-0.05, 0) is 58.0 Å². The molecule has 0 spiro atoms. The number of carbonyl (C=O) groups is 1. The summed E-state index contributed by atoms with van der Waals surface area (Å²) in [4.78, 5) is 12.6. The average Bonchev–Trinajstić information content (AvgIpc) is 2.29. The zero-order chi connectivity index (χ0) is 22.6. The van der Waals surface area contributed by atoms with E-state index in [1.807, 2.05) is 6.55 Å². The van der Waals surface area contributed by atoms with Gasteiger partial charge in [0.15, 0.2) is 16.6 Å². The zero-order valence-corrected chi connectivity index (χ0v) is 24.3. The molecule has 0 heterocycles. The first kappa shape index (κ1) is 28.0. The fourth-order valence-corrected chi connectivity index (χ4v) is 20.7. The molecule has 0 aromatic carbocycles. The Labute approximate surface area is 178 Å². The largest absolute Gasteiger partial charge is 0.491 e. The lowest BCUT2D eigenvalue weighted by atomic mass is 10.3. The summed E-state index contributed by atoms with van der Waals surface area (Å²) in [7, 11) is -9.82. The van der Waals surface area contributed by atoms with E-state index in [0.29, 0.717) is 17.4 Å². The lowest BCUT2D eigenvalue weighted by Gasteiger charge is -2.43. The molecule has 0 aliphatic rings. The first-order chi connectivity index (χ1) is 12.3. The fourth-order valence-electron chi connectivity index (χ4n) is 3.28. The van der Waals surface area contributed by atoms with Crippen LogP contribution in [0.15, 0.2) is 12.2 Å². The Morgan fingerprint density at radius 2 is 1.14 bits per heavy atom.